The number of aromatic nitrogens is 4. The highest BCUT2D eigenvalue weighted by molar-refractivity contribution is 7.92. The number of fused-ring (bicyclic) bond motifs is 1. The largest absolute Gasteiger partial charge is 0.497 e. The lowest BCUT2D eigenvalue weighted by Gasteiger charge is -2.15. The van der Waals surface area contributed by atoms with Crippen LogP contribution in [0.3, 0.4) is 0 Å². The Morgan fingerprint density at radius 1 is 0.875 bits per heavy atom. The van der Waals surface area contributed by atoms with Gasteiger partial charge in [0.15, 0.2) is 11.6 Å². The smallest absolute Gasteiger partial charge is 0.263 e. The molecule has 0 bridgehead atoms. The van der Waals surface area contributed by atoms with Crippen molar-refractivity contribution in [1.82, 2.24) is 19.9 Å². The van der Waals surface area contributed by atoms with Crippen LogP contribution in [0.25, 0.3) is 11.0 Å². The van der Waals surface area contributed by atoms with Crippen molar-refractivity contribution < 1.29 is 22.7 Å². The highest BCUT2D eigenvalue weighted by atomic mass is 32.2. The van der Waals surface area contributed by atoms with Crippen LogP contribution in [0.15, 0.2) is 84.1 Å². The minimum atomic E-state index is -4.14. The van der Waals surface area contributed by atoms with E-state index in [1.807, 2.05) is 6.07 Å². The van der Waals surface area contributed by atoms with Gasteiger partial charge in [-0.25, -0.2) is 23.4 Å². The van der Waals surface area contributed by atoms with Gasteiger partial charge in [0.1, 0.15) is 11.5 Å². The van der Waals surface area contributed by atoms with Crippen LogP contribution in [0.4, 0.5) is 23.0 Å². The number of aromatic amines is 1. The lowest BCUT2D eigenvalue weighted by Crippen LogP contribution is -2.17. The van der Waals surface area contributed by atoms with Crippen molar-refractivity contribution in [2.75, 3.05) is 29.6 Å². The molecular weight excluding hydrogens is 534 g/mol. The van der Waals surface area contributed by atoms with Gasteiger partial charge in [-0.15, -0.1) is 0 Å². The first-order chi connectivity index (χ1) is 19.3. The van der Waals surface area contributed by atoms with Gasteiger partial charge < -0.3 is 25.1 Å². The zero-order chi connectivity index (χ0) is 28.1. The van der Waals surface area contributed by atoms with Crippen molar-refractivity contribution in [3.8, 4) is 11.5 Å². The van der Waals surface area contributed by atoms with E-state index in [1.165, 1.54) is 38.7 Å². The SMILES string of the molecule is COc1cc(Nc2nc3ccccc3nc2NS(=O)(=O)c2cccc(NC(=O)Cc3c[nH]cn3)c2)cc(OC)c1. The summed E-state index contributed by atoms with van der Waals surface area (Å²) in [7, 11) is -1.08. The molecule has 204 valence electrons. The second kappa shape index (κ2) is 11.3. The molecule has 40 heavy (non-hydrogen) atoms. The van der Waals surface area contributed by atoms with Crippen LogP contribution in [0.2, 0.25) is 0 Å². The molecule has 0 aliphatic carbocycles. The van der Waals surface area contributed by atoms with Crippen molar-refractivity contribution in [2.24, 2.45) is 0 Å². The molecule has 0 saturated carbocycles. The van der Waals surface area contributed by atoms with Crippen molar-refractivity contribution in [3.05, 3.63) is 84.9 Å². The third kappa shape index (κ3) is 6.10. The molecule has 0 aliphatic heterocycles. The molecule has 0 atom stereocenters. The number of imidazole rings is 1. The number of amides is 1. The van der Waals surface area contributed by atoms with Crippen molar-refractivity contribution in [1.29, 1.82) is 0 Å². The predicted molar refractivity (Wildman–Crippen MR) is 151 cm³/mol. The van der Waals surface area contributed by atoms with Gasteiger partial charge >= 0.3 is 0 Å². The van der Waals surface area contributed by atoms with Gasteiger partial charge in [-0.2, -0.15) is 0 Å². The van der Waals surface area contributed by atoms with E-state index in [1.54, 1.807) is 48.7 Å². The number of carbonyl (C=O) groups is 1. The highest BCUT2D eigenvalue weighted by Crippen LogP contribution is 2.31. The number of hydrogen-bond donors (Lipinski definition) is 4. The highest BCUT2D eigenvalue weighted by Gasteiger charge is 2.20. The number of anilines is 4. The van der Waals surface area contributed by atoms with Crippen LogP contribution in [-0.2, 0) is 21.2 Å². The molecule has 0 aliphatic rings. The molecule has 0 fully saturated rings. The van der Waals surface area contributed by atoms with E-state index >= 15 is 0 Å². The molecule has 0 spiro atoms. The van der Waals surface area contributed by atoms with E-state index in [9.17, 15) is 13.2 Å². The number of H-pyrrole nitrogens is 1. The Hall–Kier alpha value is -5.17. The molecule has 1 amide bonds. The van der Waals surface area contributed by atoms with Gasteiger partial charge in [-0.3, -0.25) is 9.52 Å². The normalized spacial score (nSPS) is 11.2. The molecule has 4 N–H and O–H groups in total. The van der Waals surface area contributed by atoms with Crippen LogP contribution in [0.5, 0.6) is 11.5 Å². The van der Waals surface area contributed by atoms with Crippen LogP contribution in [0.1, 0.15) is 5.69 Å². The Balaban J connectivity index is 1.45. The first-order valence-corrected chi connectivity index (χ1v) is 13.5. The van der Waals surface area contributed by atoms with Crippen LogP contribution < -0.4 is 24.8 Å². The molecule has 5 rings (SSSR count). The van der Waals surface area contributed by atoms with Crippen molar-refractivity contribution >= 4 is 50.0 Å². The Kier molecular flexibility index (Phi) is 7.46. The van der Waals surface area contributed by atoms with E-state index in [0.29, 0.717) is 39.6 Å². The van der Waals surface area contributed by atoms with Gasteiger partial charge in [0.2, 0.25) is 5.91 Å². The van der Waals surface area contributed by atoms with Gasteiger partial charge in [0, 0.05) is 35.8 Å². The predicted octanol–water partition coefficient (Wildman–Crippen LogP) is 4.10. The summed E-state index contributed by atoms with van der Waals surface area (Å²) in [6.45, 7) is 0. The molecule has 0 radical (unpaired) electrons. The van der Waals surface area contributed by atoms with Gasteiger partial charge in [0.25, 0.3) is 10.0 Å². The molecule has 3 aromatic carbocycles. The fraction of sp³-hybridized carbons (Fsp3) is 0.111. The van der Waals surface area contributed by atoms with E-state index < -0.39 is 10.0 Å². The fourth-order valence-corrected chi connectivity index (χ4v) is 4.91. The molecule has 0 unspecified atom stereocenters. The third-order valence-corrected chi connectivity index (χ3v) is 7.08. The summed E-state index contributed by atoms with van der Waals surface area (Å²) in [5, 5.41) is 5.82. The maximum atomic E-state index is 13.5. The van der Waals surface area contributed by atoms with Gasteiger partial charge in [0.05, 0.1) is 48.6 Å². The summed E-state index contributed by atoms with van der Waals surface area (Å²) in [6, 6.07) is 18.1. The first kappa shape index (κ1) is 26.4. The lowest BCUT2D eigenvalue weighted by atomic mass is 10.2. The molecule has 13 heteroatoms. The van der Waals surface area contributed by atoms with E-state index in [2.05, 4.69) is 35.3 Å². The quantitative estimate of drug-likeness (QED) is 0.197. The summed E-state index contributed by atoms with van der Waals surface area (Å²) >= 11 is 0. The molecule has 12 nitrogen and oxygen atoms in total. The van der Waals surface area contributed by atoms with E-state index in [-0.39, 0.29) is 28.9 Å². The monoisotopic (exact) mass is 559 g/mol. The average molecular weight is 560 g/mol. The third-order valence-electron chi connectivity index (χ3n) is 5.74. The maximum Gasteiger partial charge on any atom is 0.263 e. The number of carbonyl (C=O) groups excluding carboxylic acids is 1. The Labute approximate surface area is 229 Å². The second-order valence-corrected chi connectivity index (χ2v) is 10.2. The number of nitrogens with zero attached hydrogens (tertiary/aromatic N) is 3. The number of hydrogen-bond acceptors (Lipinski definition) is 9. The number of ether oxygens (including phenoxy) is 2. The lowest BCUT2D eigenvalue weighted by molar-refractivity contribution is -0.115. The zero-order valence-corrected chi connectivity index (χ0v) is 22.3. The maximum absolute atomic E-state index is 13.5. The van der Waals surface area contributed by atoms with Crippen molar-refractivity contribution in [2.45, 2.75) is 11.3 Å². The number of para-hydroxylation sites is 2. The summed E-state index contributed by atoms with van der Waals surface area (Å²) in [4.78, 5) is 28.3. The summed E-state index contributed by atoms with van der Waals surface area (Å²) in [6.07, 6.45) is 3.13. The summed E-state index contributed by atoms with van der Waals surface area (Å²) < 4.78 is 40.1. The topological polar surface area (TPSA) is 160 Å². The Bertz CT molecular complexity index is 1750. The number of nitrogens with one attached hydrogen (secondary N) is 4. The van der Waals surface area contributed by atoms with E-state index in [4.69, 9.17) is 9.47 Å². The average Bonchev–Trinajstić information content (AvgIpc) is 3.46. The molecular formula is C27H25N7O5S. The zero-order valence-electron chi connectivity index (χ0n) is 21.5. The first-order valence-electron chi connectivity index (χ1n) is 12.0. The molecule has 5 aromatic rings. The minimum absolute atomic E-state index is 0.0199. The molecule has 0 saturated heterocycles. The number of methoxy groups -OCH3 is 2. The standard InChI is InChI=1S/C27H25N7O5S/c1-38-20-10-18(11-21(14-20)39-2)31-26-27(33-24-9-4-3-8-23(24)32-26)34-40(36,37)22-7-5-6-17(12-22)30-25(35)13-19-15-28-16-29-19/h3-12,14-16H,13H2,1-2H3,(H,28,29)(H,30,35)(H,31,32)(H,33,34). The summed E-state index contributed by atoms with van der Waals surface area (Å²) in [5.41, 5.74) is 2.47. The van der Waals surface area contributed by atoms with Crippen molar-refractivity contribution in [3.63, 3.8) is 0 Å². The van der Waals surface area contributed by atoms with E-state index in [0.717, 1.165) is 0 Å². The van der Waals surface area contributed by atoms with Crippen LogP contribution >= 0.6 is 0 Å². The number of rotatable bonds is 10. The van der Waals surface area contributed by atoms with Crippen LogP contribution in [0, 0.1) is 0 Å². The van der Waals surface area contributed by atoms with Crippen LogP contribution in [-0.4, -0.2) is 48.5 Å². The van der Waals surface area contributed by atoms with Gasteiger partial charge in [-0.05, 0) is 30.3 Å². The Morgan fingerprint density at radius 3 is 2.23 bits per heavy atom. The molecule has 2 heterocycles. The minimum Gasteiger partial charge on any atom is -0.497 e. The Morgan fingerprint density at radius 2 is 1.57 bits per heavy atom. The second-order valence-electron chi connectivity index (χ2n) is 8.55. The number of sulfonamides is 1. The number of benzene rings is 3. The fourth-order valence-electron chi connectivity index (χ4n) is 3.86. The summed E-state index contributed by atoms with van der Waals surface area (Å²) in [5.74, 6) is 0.873. The molecule has 2 aromatic heterocycles. The van der Waals surface area contributed by atoms with Gasteiger partial charge in [-0.1, -0.05) is 18.2 Å².